The number of benzene rings is 2. The van der Waals surface area contributed by atoms with Crippen molar-refractivity contribution in [1.29, 1.82) is 0 Å². The second kappa shape index (κ2) is 8.24. The number of halogens is 1. The number of nitrogens with one attached hydrogen (secondary N) is 2. The molecule has 3 aromatic rings. The molecule has 140 valence electrons. The van der Waals surface area contributed by atoms with Gasteiger partial charge >= 0.3 is 11.7 Å². The van der Waals surface area contributed by atoms with Crippen LogP contribution >= 0.6 is 15.9 Å². The van der Waals surface area contributed by atoms with Gasteiger partial charge in [0.25, 0.3) is 0 Å². The Morgan fingerprint density at radius 3 is 2.74 bits per heavy atom. The second-order valence-corrected chi connectivity index (χ2v) is 6.32. The van der Waals surface area contributed by atoms with E-state index >= 15 is 0 Å². The third kappa shape index (κ3) is 4.12. The summed E-state index contributed by atoms with van der Waals surface area (Å²) in [7, 11) is 1.45. The van der Waals surface area contributed by atoms with E-state index in [1.165, 1.54) is 13.1 Å². The van der Waals surface area contributed by atoms with E-state index in [4.69, 9.17) is 9.15 Å². The first-order chi connectivity index (χ1) is 13.0. The Morgan fingerprint density at radius 1 is 1.22 bits per heavy atom. The predicted octanol–water partition coefficient (Wildman–Crippen LogP) is 3.91. The topological polar surface area (TPSA) is 104 Å². The van der Waals surface area contributed by atoms with Gasteiger partial charge in [-0.1, -0.05) is 28.1 Å². The quantitative estimate of drug-likeness (QED) is 0.360. The van der Waals surface area contributed by atoms with Gasteiger partial charge in [-0.2, -0.15) is 0 Å². The maximum Gasteiger partial charge on any atom is 0.412 e. The van der Waals surface area contributed by atoms with E-state index in [0.717, 1.165) is 16.5 Å². The van der Waals surface area contributed by atoms with E-state index < -0.39 is 11.7 Å². The van der Waals surface area contributed by atoms with Crippen LogP contribution in [0.2, 0.25) is 0 Å². The highest BCUT2D eigenvalue weighted by molar-refractivity contribution is 9.08. The minimum Gasteiger partial charge on any atom is -0.761 e. The van der Waals surface area contributed by atoms with Gasteiger partial charge in [-0.3, -0.25) is 0 Å². The molecule has 0 aliphatic heterocycles. The average molecular weight is 432 g/mol. The van der Waals surface area contributed by atoms with Crippen LogP contribution in [0.15, 0.2) is 51.7 Å². The van der Waals surface area contributed by atoms with Gasteiger partial charge in [-0.25, -0.2) is 9.59 Å². The fourth-order valence-electron chi connectivity index (χ4n) is 2.79. The van der Waals surface area contributed by atoms with E-state index in [1.54, 1.807) is 30.3 Å². The lowest BCUT2D eigenvalue weighted by atomic mass is 9.99. The van der Waals surface area contributed by atoms with Crippen molar-refractivity contribution in [3.63, 3.8) is 0 Å². The number of amides is 1. The number of hydrogen-bond acceptors (Lipinski definition) is 6. The molecule has 7 nitrogen and oxygen atoms in total. The number of alkyl halides is 1. The Bertz CT molecular complexity index is 1050. The minimum atomic E-state index is -0.610. The van der Waals surface area contributed by atoms with Crippen molar-refractivity contribution < 1.29 is 13.9 Å². The highest BCUT2D eigenvalue weighted by atomic mass is 79.9. The molecule has 0 unspecified atom stereocenters. The van der Waals surface area contributed by atoms with Gasteiger partial charge in [0.15, 0.2) is 0 Å². The molecule has 8 heteroatoms. The molecule has 0 aliphatic carbocycles. The molecule has 0 aliphatic rings. The third-order valence-corrected chi connectivity index (χ3v) is 4.63. The van der Waals surface area contributed by atoms with Crippen LogP contribution in [0.3, 0.4) is 0 Å². The lowest BCUT2D eigenvalue weighted by Crippen LogP contribution is -2.22. The molecule has 0 fully saturated rings. The highest BCUT2D eigenvalue weighted by Crippen LogP contribution is 2.27. The number of ether oxygens (including phenoxy) is 1. The van der Waals surface area contributed by atoms with Crippen molar-refractivity contribution in [3.05, 3.63) is 74.8 Å². The smallest absolute Gasteiger partial charge is 0.412 e. The van der Waals surface area contributed by atoms with E-state index in [-0.39, 0.29) is 5.75 Å². The van der Waals surface area contributed by atoms with E-state index in [9.17, 15) is 14.8 Å². The van der Waals surface area contributed by atoms with E-state index in [0.29, 0.717) is 28.6 Å². The molecule has 0 radical (unpaired) electrons. The van der Waals surface area contributed by atoms with Gasteiger partial charge in [0.1, 0.15) is 11.3 Å². The van der Waals surface area contributed by atoms with E-state index in [2.05, 4.69) is 21.2 Å². The van der Waals surface area contributed by atoms with Gasteiger partial charge in [-0.05, 0) is 35.4 Å². The first kappa shape index (κ1) is 18.9. The monoisotopic (exact) mass is 431 g/mol. The van der Waals surface area contributed by atoms with E-state index in [1.807, 2.05) is 11.5 Å². The Morgan fingerprint density at radius 2 is 2.04 bits per heavy atom. The molecule has 1 heterocycles. The first-order valence-electron chi connectivity index (χ1n) is 8.07. The van der Waals surface area contributed by atoms with Crippen molar-refractivity contribution in [2.75, 3.05) is 12.5 Å². The zero-order valence-corrected chi connectivity index (χ0v) is 16.0. The maximum atomic E-state index is 12.6. The summed E-state index contributed by atoms with van der Waals surface area (Å²) in [5.41, 5.74) is 4.22. The summed E-state index contributed by atoms with van der Waals surface area (Å²) < 4.78 is 10.5. The second-order valence-electron chi connectivity index (χ2n) is 5.76. The van der Waals surface area contributed by atoms with Gasteiger partial charge in [0.05, 0.1) is 0 Å². The predicted molar refractivity (Wildman–Crippen MR) is 106 cm³/mol. The Labute approximate surface area is 163 Å². The molecule has 2 aromatic carbocycles. The molecule has 0 bridgehead atoms. The van der Waals surface area contributed by atoms with Gasteiger partial charge in [0, 0.05) is 41.5 Å². The number of hydrogen-bond donors (Lipinski definition) is 2. The molecular formula is C19H16BrN2O5-. The van der Waals surface area contributed by atoms with Crippen molar-refractivity contribution in [2.45, 2.75) is 11.8 Å². The summed E-state index contributed by atoms with van der Waals surface area (Å²) >= 11 is 3.44. The molecule has 0 saturated carbocycles. The Hall–Kier alpha value is -2.84. The van der Waals surface area contributed by atoms with Crippen LogP contribution in [-0.4, -0.2) is 13.1 Å². The largest absolute Gasteiger partial charge is 0.761 e. The summed E-state index contributed by atoms with van der Waals surface area (Å²) in [5, 5.41) is 14.4. The standard InChI is InChI=1S/C19H16BrN2O5/c1-21-19(24)26-13-5-6-14-16(10-20)15(18(23)27-17(14)9-13)8-11-3-2-4-12(7-11)22-25/h2-7,9,22H,8,10H2,1H3,(H,21,24)/q-1. The lowest BCUT2D eigenvalue weighted by molar-refractivity contribution is 0.203. The number of carbonyl (C=O) groups excluding carboxylic acids is 1. The van der Waals surface area contributed by atoms with Crippen LogP contribution in [0.1, 0.15) is 16.7 Å². The molecule has 2 N–H and O–H groups in total. The summed E-state index contributed by atoms with van der Waals surface area (Å²) in [6, 6.07) is 11.8. The third-order valence-electron chi connectivity index (χ3n) is 4.07. The van der Waals surface area contributed by atoms with Crippen molar-refractivity contribution in [1.82, 2.24) is 5.32 Å². The molecule has 0 saturated heterocycles. The van der Waals surface area contributed by atoms with Gasteiger partial charge in [-0.15, -0.1) is 0 Å². The van der Waals surface area contributed by atoms with Gasteiger partial charge < -0.3 is 25.2 Å². The van der Waals surface area contributed by atoms with Crippen molar-refractivity contribution in [2.24, 2.45) is 0 Å². The maximum absolute atomic E-state index is 12.6. The number of fused-ring (bicyclic) bond motifs is 1. The Balaban J connectivity index is 2.05. The van der Waals surface area contributed by atoms with Crippen LogP contribution in [-0.2, 0) is 11.8 Å². The lowest BCUT2D eigenvalue weighted by Gasteiger charge is -2.13. The van der Waals surface area contributed by atoms with Crippen LogP contribution < -0.4 is 21.2 Å². The SMILES string of the molecule is CNC(=O)Oc1ccc2c(CBr)c(Cc3cccc(N[O-])c3)c(=O)oc2c1. The molecule has 1 aromatic heterocycles. The summed E-state index contributed by atoms with van der Waals surface area (Å²) in [6.07, 6.45) is -0.286. The molecule has 0 spiro atoms. The molecule has 1 amide bonds. The number of rotatable bonds is 5. The molecule has 27 heavy (non-hydrogen) atoms. The van der Waals surface area contributed by atoms with Gasteiger partial charge in [0.2, 0.25) is 0 Å². The van der Waals surface area contributed by atoms with Crippen LogP contribution in [0.4, 0.5) is 10.5 Å². The normalized spacial score (nSPS) is 10.6. The fraction of sp³-hybridized carbons (Fsp3) is 0.158. The van der Waals surface area contributed by atoms with Crippen LogP contribution in [0.5, 0.6) is 5.75 Å². The Kier molecular flexibility index (Phi) is 5.78. The van der Waals surface area contributed by atoms with Crippen molar-refractivity contribution in [3.8, 4) is 5.75 Å². The fourth-order valence-corrected chi connectivity index (χ4v) is 3.43. The molecular weight excluding hydrogens is 416 g/mol. The minimum absolute atomic E-state index is 0.271. The van der Waals surface area contributed by atoms with Crippen LogP contribution in [0, 0.1) is 5.21 Å². The zero-order chi connectivity index (χ0) is 19.4. The summed E-state index contributed by atoms with van der Waals surface area (Å²) in [6.45, 7) is 0. The summed E-state index contributed by atoms with van der Waals surface area (Å²) in [5.74, 6) is 0.271. The molecule has 0 atom stereocenters. The first-order valence-corrected chi connectivity index (χ1v) is 9.19. The number of anilines is 1. The zero-order valence-electron chi connectivity index (χ0n) is 14.4. The average Bonchev–Trinajstić information content (AvgIpc) is 2.68. The molecule has 3 rings (SSSR count). The number of carbonyl (C=O) groups is 1. The highest BCUT2D eigenvalue weighted by Gasteiger charge is 2.16. The van der Waals surface area contributed by atoms with Crippen molar-refractivity contribution >= 4 is 38.7 Å². The summed E-state index contributed by atoms with van der Waals surface area (Å²) in [4.78, 5) is 23.9. The van der Waals surface area contributed by atoms with Crippen LogP contribution in [0.25, 0.3) is 11.0 Å².